The van der Waals surface area contributed by atoms with Crippen LogP contribution >= 0.6 is 0 Å². The number of nitrogens with one attached hydrogen (secondary N) is 2. The molecule has 1 aliphatic carbocycles. The van der Waals surface area contributed by atoms with Crippen LogP contribution in [0.3, 0.4) is 0 Å². The van der Waals surface area contributed by atoms with E-state index >= 15 is 0 Å². The monoisotopic (exact) mass is 322 g/mol. The van der Waals surface area contributed by atoms with Gasteiger partial charge in [-0.05, 0) is 42.0 Å². The van der Waals surface area contributed by atoms with E-state index < -0.39 is 0 Å². The fourth-order valence-corrected chi connectivity index (χ4v) is 2.88. The van der Waals surface area contributed by atoms with Crippen LogP contribution in [-0.2, 0) is 16.0 Å². The summed E-state index contributed by atoms with van der Waals surface area (Å²) in [5.41, 5.74) is 2.85. The van der Waals surface area contributed by atoms with Gasteiger partial charge in [-0.25, -0.2) is 0 Å². The lowest BCUT2D eigenvalue weighted by Crippen LogP contribution is -2.31. The molecule has 1 fully saturated rings. The first-order valence-corrected chi connectivity index (χ1v) is 8.32. The summed E-state index contributed by atoms with van der Waals surface area (Å²) in [7, 11) is 0. The summed E-state index contributed by atoms with van der Waals surface area (Å²) in [6.45, 7) is 1.48. The van der Waals surface area contributed by atoms with Crippen molar-refractivity contribution < 1.29 is 9.59 Å². The number of anilines is 1. The molecule has 24 heavy (non-hydrogen) atoms. The Bertz CT molecular complexity index is 706. The molecule has 0 heterocycles. The van der Waals surface area contributed by atoms with Crippen molar-refractivity contribution in [2.24, 2.45) is 5.92 Å². The SMILES string of the molecule is CC(=O)Nc1ccc(CC(=O)NC(c2ccccc2)C2CC2)cc1. The molecule has 0 aromatic heterocycles. The lowest BCUT2D eigenvalue weighted by molar-refractivity contribution is -0.121. The van der Waals surface area contributed by atoms with Crippen molar-refractivity contribution in [2.75, 3.05) is 5.32 Å². The van der Waals surface area contributed by atoms with Gasteiger partial charge in [-0.15, -0.1) is 0 Å². The van der Waals surface area contributed by atoms with Gasteiger partial charge in [0.15, 0.2) is 0 Å². The van der Waals surface area contributed by atoms with Crippen molar-refractivity contribution in [1.29, 1.82) is 0 Å². The molecule has 2 N–H and O–H groups in total. The Morgan fingerprint density at radius 3 is 2.29 bits per heavy atom. The van der Waals surface area contributed by atoms with Crippen LogP contribution in [0, 0.1) is 5.92 Å². The second kappa shape index (κ2) is 7.30. The zero-order chi connectivity index (χ0) is 16.9. The summed E-state index contributed by atoms with van der Waals surface area (Å²) in [4.78, 5) is 23.4. The first-order chi connectivity index (χ1) is 11.6. The Balaban J connectivity index is 1.61. The van der Waals surface area contributed by atoms with Crippen molar-refractivity contribution in [3.8, 4) is 0 Å². The van der Waals surface area contributed by atoms with Crippen LogP contribution in [0.5, 0.6) is 0 Å². The van der Waals surface area contributed by atoms with Gasteiger partial charge >= 0.3 is 0 Å². The van der Waals surface area contributed by atoms with Crippen LogP contribution in [0.1, 0.15) is 36.9 Å². The van der Waals surface area contributed by atoms with Gasteiger partial charge in [0.05, 0.1) is 12.5 Å². The van der Waals surface area contributed by atoms with E-state index in [1.54, 1.807) is 0 Å². The Kier molecular flexibility index (Phi) is 4.94. The largest absolute Gasteiger partial charge is 0.349 e. The summed E-state index contributed by atoms with van der Waals surface area (Å²) < 4.78 is 0. The summed E-state index contributed by atoms with van der Waals surface area (Å²) in [5.74, 6) is 0.483. The molecule has 0 spiro atoms. The molecule has 2 aromatic carbocycles. The van der Waals surface area contributed by atoms with Crippen LogP contribution in [0.15, 0.2) is 54.6 Å². The normalized spacial score (nSPS) is 14.7. The van der Waals surface area contributed by atoms with Gasteiger partial charge in [0.1, 0.15) is 0 Å². The minimum Gasteiger partial charge on any atom is -0.349 e. The highest BCUT2D eigenvalue weighted by Gasteiger charge is 2.33. The van der Waals surface area contributed by atoms with Gasteiger partial charge in [0.25, 0.3) is 0 Å². The molecule has 1 unspecified atom stereocenters. The quantitative estimate of drug-likeness (QED) is 0.856. The van der Waals surface area contributed by atoms with E-state index in [1.807, 2.05) is 42.5 Å². The average molecular weight is 322 g/mol. The number of hydrogen-bond donors (Lipinski definition) is 2. The standard InChI is InChI=1S/C20H22N2O2/c1-14(23)21-18-11-7-15(8-12-18)13-19(24)22-20(17-9-10-17)16-5-3-2-4-6-16/h2-8,11-12,17,20H,9-10,13H2,1H3,(H,21,23)(H,22,24). The zero-order valence-corrected chi connectivity index (χ0v) is 13.8. The van der Waals surface area contributed by atoms with Crippen LogP contribution < -0.4 is 10.6 Å². The predicted octanol–water partition coefficient (Wildman–Crippen LogP) is 3.46. The molecule has 0 bridgehead atoms. The molecular weight excluding hydrogens is 300 g/mol. The number of hydrogen-bond acceptors (Lipinski definition) is 2. The second-order valence-electron chi connectivity index (χ2n) is 6.35. The Hall–Kier alpha value is -2.62. The highest BCUT2D eigenvalue weighted by Crippen LogP contribution is 2.40. The topological polar surface area (TPSA) is 58.2 Å². The van der Waals surface area contributed by atoms with Gasteiger partial charge in [-0.3, -0.25) is 9.59 Å². The molecule has 2 amide bonds. The lowest BCUT2D eigenvalue weighted by Gasteiger charge is -2.19. The van der Waals surface area contributed by atoms with E-state index in [9.17, 15) is 9.59 Å². The number of carbonyl (C=O) groups is 2. The maximum atomic E-state index is 12.4. The van der Waals surface area contributed by atoms with E-state index in [0.717, 1.165) is 11.3 Å². The molecule has 124 valence electrons. The molecule has 3 rings (SSSR count). The number of carbonyl (C=O) groups excluding carboxylic acids is 2. The van der Waals surface area contributed by atoms with E-state index in [-0.39, 0.29) is 17.9 Å². The Morgan fingerprint density at radius 1 is 1.04 bits per heavy atom. The van der Waals surface area contributed by atoms with Gasteiger partial charge in [0, 0.05) is 12.6 Å². The van der Waals surface area contributed by atoms with Crippen molar-refractivity contribution in [1.82, 2.24) is 5.32 Å². The van der Waals surface area contributed by atoms with Gasteiger partial charge in [0.2, 0.25) is 11.8 Å². The molecular formula is C20H22N2O2. The van der Waals surface area contributed by atoms with Crippen LogP contribution in [-0.4, -0.2) is 11.8 Å². The Labute approximate surface area is 142 Å². The highest BCUT2D eigenvalue weighted by atomic mass is 16.2. The van der Waals surface area contributed by atoms with Crippen LogP contribution in [0.4, 0.5) is 5.69 Å². The third-order valence-electron chi connectivity index (χ3n) is 4.21. The summed E-state index contributed by atoms with van der Waals surface area (Å²) in [6.07, 6.45) is 2.69. The molecule has 0 radical (unpaired) electrons. The number of benzene rings is 2. The third-order valence-corrected chi connectivity index (χ3v) is 4.21. The minimum absolute atomic E-state index is 0.0306. The lowest BCUT2D eigenvalue weighted by atomic mass is 10.0. The van der Waals surface area contributed by atoms with E-state index in [4.69, 9.17) is 0 Å². The third kappa shape index (κ3) is 4.44. The number of amides is 2. The maximum Gasteiger partial charge on any atom is 0.224 e. The van der Waals surface area contributed by atoms with Crippen molar-refractivity contribution in [3.05, 3.63) is 65.7 Å². The molecule has 2 aromatic rings. The highest BCUT2D eigenvalue weighted by molar-refractivity contribution is 5.88. The van der Waals surface area contributed by atoms with Crippen molar-refractivity contribution >= 4 is 17.5 Å². The molecule has 4 nitrogen and oxygen atoms in total. The number of rotatable bonds is 6. The maximum absolute atomic E-state index is 12.4. The fraction of sp³-hybridized carbons (Fsp3) is 0.300. The summed E-state index contributed by atoms with van der Waals surface area (Å²) in [5, 5.41) is 5.90. The smallest absolute Gasteiger partial charge is 0.224 e. The molecule has 0 saturated heterocycles. The predicted molar refractivity (Wildman–Crippen MR) is 94.5 cm³/mol. The Morgan fingerprint density at radius 2 is 1.71 bits per heavy atom. The minimum atomic E-state index is -0.101. The molecule has 1 atom stereocenters. The first-order valence-electron chi connectivity index (χ1n) is 8.32. The summed E-state index contributed by atoms with van der Waals surface area (Å²) in [6, 6.07) is 17.7. The molecule has 0 aliphatic heterocycles. The second-order valence-corrected chi connectivity index (χ2v) is 6.35. The zero-order valence-electron chi connectivity index (χ0n) is 13.8. The van der Waals surface area contributed by atoms with Crippen LogP contribution in [0.25, 0.3) is 0 Å². The molecule has 1 aliphatic rings. The van der Waals surface area contributed by atoms with Gasteiger partial charge in [-0.1, -0.05) is 42.5 Å². The van der Waals surface area contributed by atoms with Crippen molar-refractivity contribution in [3.63, 3.8) is 0 Å². The fourth-order valence-electron chi connectivity index (χ4n) is 2.88. The van der Waals surface area contributed by atoms with E-state index in [1.165, 1.54) is 25.3 Å². The molecule has 1 saturated carbocycles. The summed E-state index contributed by atoms with van der Waals surface area (Å²) >= 11 is 0. The van der Waals surface area contributed by atoms with E-state index in [0.29, 0.717) is 12.3 Å². The van der Waals surface area contributed by atoms with Crippen LogP contribution in [0.2, 0.25) is 0 Å². The molecule has 4 heteroatoms. The van der Waals surface area contributed by atoms with Crippen molar-refractivity contribution in [2.45, 2.75) is 32.2 Å². The van der Waals surface area contributed by atoms with Gasteiger partial charge in [-0.2, -0.15) is 0 Å². The van der Waals surface area contributed by atoms with Gasteiger partial charge < -0.3 is 10.6 Å². The first kappa shape index (κ1) is 16.2. The van der Waals surface area contributed by atoms with E-state index in [2.05, 4.69) is 22.8 Å². The average Bonchev–Trinajstić information content (AvgIpc) is 3.40.